The minimum Gasteiger partial charge on any atom is -0.493 e. The van der Waals surface area contributed by atoms with E-state index in [1.54, 1.807) is 7.11 Å². The van der Waals surface area contributed by atoms with Crippen LogP contribution in [0.4, 0.5) is 0 Å². The van der Waals surface area contributed by atoms with Crippen molar-refractivity contribution in [1.29, 1.82) is 0 Å². The SMILES string of the molecule is CCCC(O)C(CC)Oc1ccc(C)cc1OC. The third-order valence-electron chi connectivity index (χ3n) is 3.01. The molecular weight excluding hydrogens is 228 g/mol. The Balaban J connectivity index is 2.81. The number of rotatable bonds is 7. The van der Waals surface area contributed by atoms with Crippen LogP contribution in [0, 0.1) is 6.92 Å². The first-order valence-electron chi connectivity index (χ1n) is 6.61. The molecule has 0 bridgehead atoms. The number of aryl methyl sites for hydroxylation is 1. The molecule has 0 saturated carbocycles. The Morgan fingerprint density at radius 1 is 1.22 bits per heavy atom. The summed E-state index contributed by atoms with van der Waals surface area (Å²) in [6.45, 7) is 6.09. The van der Waals surface area contributed by atoms with Crippen molar-refractivity contribution in [1.82, 2.24) is 0 Å². The summed E-state index contributed by atoms with van der Waals surface area (Å²) in [6.07, 6.45) is 1.88. The number of aliphatic hydroxyl groups excluding tert-OH is 1. The summed E-state index contributed by atoms with van der Waals surface area (Å²) in [5.74, 6) is 1.42. The molecule has 1 aromatic carbocycles. The molecule has 18 heavy (non-hydrogen) atoms. The Morgan fingerprint density at radius 2 is 1.94 bits per heavy atom. The highest BCUT2D eigenvalue weighted by Crippen LogP contribution is 2.30. The molecule has 1 rings (SSSR count). The normalized spacial score (nSPS) is 14.1. The lowest BCUT2D eigenvalue weighted by molar-refractivity contribution is 0.0270. The van der Waals surface area contributed by atoms with Gasteiger partial charge >= 0.3 is 0 Å². The van der Waals surface area contributed by atoms with E-state index >= 15 is 0 Å². The molecule has 0 aliphatic rings. The molecule has 0 spiro atoms. The molecule has 0 radical (unpaired) electrons. The second-order valence-corrected chi connectivity index (χ2v) is 4.57. The summed E-state index contributed by atoms with van der Waals surface area (Å²) in [7, 11) is 1.63. The van der Waals surface area contributed by atoms with Crippen LogP contribution >= 0.6 is 0 Å². The van der Waals surface area contributed by atoms with Crippen LogP contribution in [-0.2, 0) is 0 Å². The van der Waals surface area contributed by atoms with Crippen molar-refractivity contribution < 1.29 is 14.6 Å². The van der Waals surface area contributed by atoms with E-state index in [0.717, 1.165) is 30.6 Å². The molecule has 0 fully saturated rings. The zero-order chi connectivity index (χ0) is 13.5. The molecule has 2 atom stereocenters. The summed E-state index contributed by atoms with van der Waals surface area (Å²) in [5, 5.41) is 10.0. The summed E-state index contributed by atoms with van der Waals surface area (Å²) >= 11 is 0. The van der Waals surface area contributed by atoms with Gasteiger partial charge in [0.1, 0.15) is 6.10 Å². The van der Waals surface area contributed by atoms with Crippen molar-refractivity contribution in [3.8, 4) is 11.5 Å². The monoisotopic (exact) mass is 252 g/mol. The van der Waals surface area contributed by atoms with Crippen molar-refractivity contribution in [3.05, 3.63) is 23.8 Å². The Hall–Kier alpha value is -1.22. The minimum atomic E-state index is -0.425. The van der Waals surface area contributed by atoms with Crippen LogP contribution in [0.15, 0.2) is 18.2 Å². The summed E-state index contributed by atoms with van der Waals surface area (Å²) in [5.41, 5.74) is 1.13. The number of ether oxygens (including phenoxy) is 2. The van der Waals surface area contributed by atoms with Crippen molar-refractivity contribution in [3.63, 3.8) is 0 Å². The molecule has 0 saturated heterocycles. The van der Waals surface area contributed by atoms with Gasteiger partial charge in [-0.25, -0.2) is 0 Å². The van der Waals surface area contributed by atoms with Gasteiger partial charge in [-0.2, -0.15) is 0 Å². The van der Waals surface area contributed by atoms with Crippen LogP contribution in [0.5, 0.6) is 11.5 Å². The highest BCUT2D eigenvalue weighted by Gasteiger charge is 2.19. The number of benzene rings is 1. The second-order valence-electron chi connectivity index (χ2n) is 4.57. The van der Waals surface area contributed by atoms with Gasteiger partial charge in [0.25, 0.3) is 0 Å². The fourth-order valence-electron chi connectivity index (χ4n) is 1.95. The fourth-order valence-corrected chi connectivity index (χ4v) is 1.95. The van der Waals surface area contributed by atoms with Crippen LogP contribution in [0.2, 0.25) is 0 Å². The standard InChI is InChI=1S/C15H24O3/c1-5-7-12(16)13(6-2)18-14-9-8-11(3)10-15(14)17-4/h8-10,12-13,16H,5-7H2,1-4H3. The van der Waals surface area contributed by atoms with Gasteiger partial charge in [-0.15, -0.1) is 0 Å². The maximum Gasteiger partial charge on any atom is 0.161 e. The van der Waals surface area contributed by atoms with Crippen molar-refractivity contribution in [2.45, 2.75) is 52.2 Å². The van der Waals surface area contributed by atoms with Gasteiger partial charge in [0.15, 0.2) is 11.5 Å². The maximum atomic E-state index is 10.0. The average Bonchev–Trinajstić information content (AvgIpc) is 2.37. The Labute approximate surface area is 110 Å². The van der Waals surface area contributed by atoms with E-state index in [4.69, 9.17) is 9.47 Å². The van der Waals surface area contributed by atoms with E-state index in [1.165, 1.54) is 0 Å². The molecule has 3 nitrogen and oxygen atoms in total. The topological polar surface area (TPSA) is 38.7 Å². The lowest BCUT2D eigenvalue weighted by atomic mass is 10.1. The Morgan fingerprint density at radius 3 is 2.50 bits per heavy atom. The largest absolute Gasteiger partial charge is 0.493 e. The molecule has 2 unspecified atom stereocenters. The zero-order valence-electron chi connectivity index (χ0n) is 11.8. The quantitative estimate of drug-likeness (QED) is 0.809. The third kappa shape index (κ3) is 3.91. The average molecular weight is 252 g/mol. The van der Waals surface area contributed by atoms with Crippen LogP contribution in [0.1, 0.15) is 38.7 Å². The Bertz CT molecular complexity index is 363. The molecule has 0 aliphatic carbocycles. The van der Waals surface area contributed by atoms with Gasteiger partial charge in [0.05, 0.1) is 13.2 Å². The summed E-state index contributed by atoms with van der Waals surface area (Å²) in [4.78, 5) is 0. The minimum absolute atomic E-state index is 0.179. The van der Waals surface area contributed by atoms with Crippen LogP contribution in [0.3, 0.4) is 0 Å². The molecule has 1 N–H and O–H groups in total. The van der Waals surface area contributed by atoms with Gasteiger partial charge in [0, 0.05) is 0 Å². The number of methoxy groups -OCH3 is 1. The molecule has 0 aliphatic heterocycles. The van der Waals surface area contributed by atoms with Crippen LogP contribution in [0.25, 0.3) is 0 Å². The smallest absolute Gasteiger partial charge is 0.161 e. The molecule has 3 heteroatoms. The van der Waals surface area contributed by atoms with E-state index in [2.05, 4.69) is 6.92 Å². The molecule has 0 aromatic heterocycles. The van der Waals surface area contributed by atoms with Gasteiger partial charge in [0.2, 0.25) is 0 Å². The lowest BCUT2D eigenvalue weighted by Gasteiger charge is -2.24. The fraction of sp³-hybridized carbons (Fsp3) is 0.600. The van der Waals surface area contributed by atoms with E-state index in [0.29, 0.717) is 5.75 Å². The highest BCUT2D eigenvalue weighted by molar-refractivity contribution is 5.42. The van der Waals surface area contributed by atoms with E-state index in [-0.39, 0.29) is 6.10 Å². The predicted octanol–water partition coefficient (Wildman–Crippen LogP) is 3.32. The number of hydrogen-bond acceptors (Lipinski definition) is 3. The first-order valence-corrected chi connectivity index (χ1v) is 6.61. The first kappa shape index (κ1) is 14.8. The number of aliphatic hydroxyl groups is 1. The third-order valence-corrected chi connectivity index (χ3v) is 3.01. The number of hydrogen-bond donors (Lipinski definition) is 1. The van der Waals surface area contributed by atoms with Gasteiger partial charge in [-0.1, -0.05) is 26.3 Å². The predicted molar refractivity (Wildman–Crippen MR) is 73.4 cm³/mol. The highest BCUT2D eigenvalue weighted by atomic mass is 16.5. The van der Waals surface area contributed by atoms with Crippen molar-refractivity contribution >= 4 is 0 Å². The zero-order valence-corrected chi connectivity index (χ0v) is 11.8. The summed E-state index contributed by atoms with van der Waals surface area (Å²) < 4.78 is 11.2. The van der Waals surface area contributed by atoms with Crippen molar-refractivity contribution in [2.75, 3.05) is 7.11 Å². The lowest BCUT2D eigenvalue weighted by Crippen LogP contribution is -2.31. The van der Waals surface area contributed by atoms with Gasteiger partial charge in [-0.05, 0) is 37.5 Å². The van der Waals surface area contributed by atoms with Crippen LogP contribution in [-0.4, -0.2) is 24.4 Å². The molecule has 0 amide bonds. The molecule has 102 valence electrons. The Kier molecular flexibility index (Phi) is 5.99. The summed E-state index contributed by atoms with van der Waals surface area (Å²) in [6, 6.07) is 5.82. The van der Waals surface area contributed by atoms with E-state index < -0.39 is 6.10 Å². The maximum absolute atomic E-state index is 10.0. The van der Waals surface area contributed by atoms with Gasteiger partial charge < -0.3 is 14.6 Å². The second kappa shape index (κ2) is 7.27. The molecule has 0 heterocycles. The van der Waals surface area contributed by atoms with Crippen molar-refractivity contribution in [2.24, 2.45) is 0 Å². The molecular formula is C15H24O3. The van der Waals surface area contributed by atoms with E-state index in [9.17, 15) is 5.11 Å². The molecule has 1 aromatic rings. The van der Waals surface area contributed by atoms with Crippen LogP contribution < -0.4 is 9.47 Å². The first-order chi connectivity index (χ1) is 8.62. The van der Waals surface area contributed by atoms with Gasteiger partial charge in [-0.3, -0.25) is 0 Å². The van der Waals surface area contributed by atoms with E-state index in [1.807, 2.05) is 32.0 Å².